The fourth-order valence-corrected chi connectivity index (χ4v) is 9.84. The molecule has 0 bridgehead atoms. The smallest absolute Gasteiger partial charge is 0.335 e. The number of benzene rings is 10. The van der Waals surface area contributed by atoms with E-state index >= 15 is 0 Å². The number of carboxylic acid groups (broad SMARTS) is 1. The second kappa shape index (κ2) is 16.6. The van der Waals surface area contributed by atoms with Gasteiger partial charge in [-0.3, -0.25) is 0 Å². The fourth-order valence-electron chi connectivity index (χ4n) is 7.79. The zero-order valence-corrected chi connectivity index (χ0v) is 32.9. The molecule has 0 atom stereocenters. The van der Waals surface area contributed by atoms with Crippen molar-refractivity contribution < 1.29 is 15.0 Å². The summed E-state index contributed by atoms with van der Waals surface area (Å²) < 4.78 is 0. The molecule has 4 heteroatoms. The molecule has 0 spiro atoms. The maximum Gasteiger partial charge on any atom is 0.335 e. The third-order valence-electron chi connectivity index (χ3n) is 10.7. The Hall–Kier alpha value is -7.40. The molecule has 0 aliphatic heterocycles. The van der Waals surface area contributed by atoms with Crippen LogP contribution in [0.3, 0.4) is 0 Å². The van der Waals surface area contributed by atoms with Crippen LogP contribution in [0, 0.1) is 0 Å². The zero-order chi connectivity index (χ0) is 40.1. The Labute approximate surface area is 346 Å². The molecule has 0 radical (unpaired) electrons. The van der Waals surface area contributed by atoms with Crippen molar-refractivity contribution in [3.8, 4) is 39.1 Å². The summed E-state index contributed by atoms with van der Waals surface area (Å²) in [6.45, 7) is 0. The standard InChI is InChI=1S/C48H33S.C7H6O3/c1-4-16-43-34(10-1)13-7-19-46(43)37-22-28-40(29-23-37)49(41-30-24-38(25-31-41)47-20-8-14-35-11-2-5-17-44(35)47)42-32-26-39(27-33-42)48-21-9-15-36-12-3-6-18-45(36)48;8-6-4-2-1-3-5(6)7(9)10/h1-33H;1-4,8H,(H,9,10)/q+1;/p-1. The predicted octanol–water partition coefficient (Wildman–Crippen LogP) is 13.7. The second-order valence-electron chi connectivity index (χ2n) is 14.3. The van der Waals surface area contributed by atoms with Crippen LogP contribution < -0.4 is 5.11 Å². The van der Waals surface area contributed by atoms with Gasteiger partial charge in [-0.05, 0) is 145 Å². The molecule has 10 rings (SSSR count). The monoisotopic (exact) mass is 778 g/mol. The molecular formula is C55H38O3S. The number of hydrogen-bond acceptors (Lipinski definition) is 2. The van der Waals surface area contributed by atoms with Crippen LogP contribution in [0.1, 0.15) is 10.4 Å². The lowest BCUT2D eigenvalue weighted by Crippen LogP contribution is -2.05. The van der Waals surface area contributed by atoms with Crippen LogP contribution in [-0.2, 0) is 10.9 Å². The first-order chi connectivity index (χ1) is 29.0. The fraction of sp³-hybridized carbons (Fsp3) is 0. The summed E-state index contributed by atoms with van der Waals surface area (Å²) in [5.41, 5.74) is 7.34. The number of rotatable bonds is 7. The van der Waals surface area contributed by atoms with Crippen LogP contribution in [-0.4, -0.2) is 11.1 Å². The highest BCUT2D eigenvalue weighted by atomic mass is 32.2. The second-order valence-corrected chi connectivity index (χ2v) is 16.3. The van der Waals surface area contributed by atoms with Crippen molar-refractivity contribution in [2.24, 2.45) is 0 Å². The number of para-hydroxylation sites is 1. The predicted molar refractivity (Wildman–Crippen MR) is 243 cm³/mol. The molecule has 10 aromatic rings. The summed E-state index contributed by atoms with van der Waals surface area (Å²) in [6.07, 6.45) is 0. The number of carbonyl (C=O) groups is 1. The minimum absolute atomic E-state index is 0.178. The van der Waals surface area contributed by atoms with Gasteiger partial charge >= 0.3 is 5.97 Å². The van der Waals surface area contributed by atoms with E-state index in [1.54, 1.807) is 0 Å². The van der Waals surface area contributed by atoms with Crippen LogP contribution >= 0.6 is 0 Å². The highest BCUT2D eigenvalue weighted by Crippen LogP contribution is 2.38. The van der Waals surface area contributed by atoms with Gasteiger partial charge in [0.05, 0.1) is 16.5 Å². The van der Waals surface area contributed by atoms with Crippen LogP contribution in [0.15, 0.2) is 239 Å². The number of aromatic carboxylic acids is 1. The molecule has 0 heterocycles. The third kappa shape index (κ3) is 7.70. The lowest BCUT2D eigenvalue weighted by atomic mass is 9.98. The van der Waals surface area contributed by atoms with Crippen molar-refractivity contribution >= 4 is 49.2 Å². The number of fused-ring (bicyclic) bond motifs is 3. The van der Waals surface area contributed by atoms with E-state index in [1.807, 2.05) is 0 Å². The van der Waals surface area contributed by atoms with Crippen molar-refractivity contribution in [2.75, 3.05) is 0 Å². The first-order valence-corrected chi connectivity index (χ1v) is 20.7. The first kappa shape index (κ1) is 37.2. The average molecular weight is 779 g/mol. The summed E-state index contributed by atoms with van der Waals surface area (Å²) in [4.78, 5) is 14.1. The van der Waals surface area contributed by atoms with Crippen LogP contribution in [0.4, 0.5) is 0 Å². The quantitative estimate of drug-likeness (QED) is 0.164. The molecule has 0 amide bonds. The first-order valence-electron chi connectivity index (χ1n) is 19.5. The van der Waals surface area contributed by atoms with E-state index in [0.717, 1.165) is 0 Å². The van der Waals surface area contributed by atoms with Gasteiger partial charge < -0.3 is 10.2 Å². The van der Waals surface area contributed by atoms with E-state index in [-0.39, 0.29) is 16.5 Å². The molecule has 282 valence electrons. The minimum atomic E-state index is -1.18. The van der Waals surface area contributed by atoms with Crippen molar-refractivity contribution in [3.05, 3.63) is 230 Å². The van der Waals surface area contributed by atoms with Crippen LogP contribution in [0.25, 0.3) is 65.7 Å². The Balaban J connectivity index is 0.000000396. The van der Waals surface area contributed by atoms with Gasteiger partial charge in [0.25, 0.3) is 0 Å². The van der Waals surface area contributed by atoms with Crippen LogP contribution in [0.5, 0.6) is 5.75 Å². The molecule has 3 nitrogen and oxygen atoms in total. The van der Waals surface area contributed by atoms with E-state index in [1.165, 1.54) is 105 Å². The third-order valence-corrected chi connectivity index (χ3v) is 12.9. The molecule has 0 aromatic heterocycles. The van der Waals surface area contributed by atoms with Gasteiger partial charge in [0.15, 0.2) is 14.7 Å². The van der Waals surface area contributed by atoms with Crippen molar-refractivity contribution in [1.29, 1.82) is 0 Å². The Morgan fingerprint density at radius 1 is 0.356 bits per heavy atom. The highest BCUT2D eigenvalue weighted by molar-refractivity contribution is 7.97. The molecular weight excluding hydrogens is 741 g/mol. The van der Waals surface area contributed by atoms with E-state index < -0.39 is 11.7 Å². The minimum Gasteiger partial charge on any atom is -0.872 e. The summed E-state index contributed by atoms with van der Waals surface area (Å²) in [6, 6.07) is 79.0. The van der Waals surface area contributed by atoms with Gasteiger partial charge in [-0.25, -0.2) is 4.79 Å². The van der Waals surface area contributed by atoms with E-state index in [0.29, 0.717) is 0 Å². The molecule has 10 aromatic carbocycles. The summed E-state index contributed by atoms with van der Waals surface area (Å²) >= 11 is 0. The summed E-state index contributed by atoms with van der Waals surface area (Å²) in [7, 11) is -0.290. The highest BCUT2D eigenvalue weighted by Gasteiger charge is 2.29. The Bertz CT molecular complexity index is 2770. The summed E-state index contributed by atoms with van der Waals surface area (Å²) in [5.74, 6) is -1.62. The van der Waals surface area contributed by atoms with Gasteiger partial charge in [0.2, 0.25) is 0 Å². The number of hydrogen-bond donors (Lipinski definition) is 1. The van der Waals surface area contributed by atoms with E-state index in [9.17, 15) is 9.90 Å². The molecule has 1 N–H and O–H groups in total. The summed E-state index contributed by atoms with van der Waals surface area (Å²) in [5, 5.41) is 26.7. The topological polar surface area (TPSA) is 60.4 Å². The molecule has 0 saturated carbocycles. The molecule has 59 heavy (non-hydrogen) atoms. The number of carboxylic acids is 1. The molecule has 0 unspecified atom stereocenters. The van der Waals surface area contributed by atoms with Gasteiger partial charge in [-0.1, -0.05) is 151 Å². The SMILES string of the molecule is O=C(O)c1ccccc1[O-].c1ccc2c(-c3ccc([S+](c4ccc(-c5cccc6ccccc56)cc4)c4ccc(-c5cccc6ccccc56)cc4)cc3)cccc2c1. The van der Waals surface area contributed by atoms with Crippen molar-refractivity contribution in [2.45, 2.75) is 14.7 Å². The maximum atomic E-state index is 10.7. The Morgan fingerprint density at radius 2 is 0.661 bits per heavy atom. The van der Waals surface area contributed by atoms with Gasteiger partial charge in [0.1, 0.15) is 0 Å². The molecule has 0 aliphatic rings. The van der Waals surface area contributed by atoms with E-state index in [4.69, 9.17) is 5.11 Å². The maximum absolute atomic E-state index is 10.7. The molecule has 0 fully saturated rings. The van der Waals surface area contributed by atoms with Crippen molar-refractivity contribution in [1.82, 2.24) is 0 Å². The Morgan fingerprint density at radius 3 is 0.983 bits per heavy atom. The Kier molecular flexibility index (Phi) is 10.5. The van der Waals surface area contributed by atoms with E-state index in [2.05, 4.69) is 200 Å². The van der Waals surface area contributed by atoms with Gasteiger partial charge in [-0.2, -0.15) is 0 Å². The normalized spacial score (nSPS) is 11.1. The zero-order valence-electron chi connectivity index (χ0n) is 32.0. The van der Waals surface area contributed by atoms with Crippen molar-refractivity contribution in [3.63, 3.8) is 0 Å². The van der Waals surface area contributed by atoms with Crippen LogP contribution in [0.2, 0.25) is 0 Å². The molecule has 0 aliphatic carbocycles. The average Bonchev–Trinajstić information content (AvgIpc) is 3.29. The van der Waals surface area contributed by atoms with Gasteiger partial charge in [0, 0.05) is 0 Å². The lowest BCUT2D eigenvalue weighted by Gasteiger charge is -2.12. The molecule has 0 saturated heterocycles. The largest absolute Gasteiger partial charge is 0.872 e. The van der Waals surface area contributed by atoms with Gasteiger partial charge in [-0.15, -0.1) is 0 Å². The lowest BCUT2D eigenvalue weighted by molar-refractivity contribution is -0.268.